The molecule has 0 N–H and O–H groups in total. The molecule has 2 aromatic carbocycles. The Morgan fingerprint density at radius 1 is 1.05 bits per heavy atom. The Hall–Kier alpha value is -2.29. The number of hydrogen-bond donors (Lipinski definition) is 0. The zero-order valence-electron chi connectivity index (χ0n) is 12.0. The van der Waals surface area contributed by atoms with Crippen molar-refractivity contribution in [3.05, 3.63) is 59.2 Å². The number of ketones is 1. The molecule has 0 heterocycles. The van der Waals surface area contributed by atoms with Crippen LogP contribution in [0, 0.1) is 13.8 Å². The molecule has 0 aliphatic heterocycles. The smallest absolute Gasteiger partial charge is 0.200 e. The Balaban J connectivity index is 2.02. The molecule has 0 aliphatic rings. The van der Waals surface area contributed by atoms with E-state index < -0.39 is 0 Å². The lowest BCUT2D eigenvalue weighted by Crippen LogP contribution is -2.12. The van der Waals surface area contributed by atoms with Gasteiger partial charge in [0, 0.05) is 5.56 Å². The van der Waals surface area contributed by atoms with Crippen molar-refractivity contribution in [2.45, 2.75) is 13.8 Å². The van der Waals surface area contributed by atoms with E-state index in [1.165, 1.54) is 0 Å². The molecule has 0 fully saturated rings. The number of Topliss-reactive ketones (excluding diaryl/α,β-unsaturated/α-hetero) is 1. The molecule has 0 atom stereocenters. The topological polar surface area (TPSA) is 35.5 Å². The molecule has 0 spiro atoms. The summed E-state index contributed by atoms with van der Waals surface area (Å²) in [4.78, 5) is 12.0. The van der Waals surface area contributed by atoms with Gasteiger partial charge in [0.05, 0.1) is 7.11 Å². The minimum Gasteiger partial charge on any atom is -0.497 e. The highest BCUT2D eigenvalue weighted by Crippen LogP contribution is 2.21. The number of methoxy groups -OCH3 is 1. The fourth-order valence-electron chi connectivity index (χ4n) is 1.88. The highest BCUT2D eigenvalue weighted by atomic mass is 16.5. The predicted molar refractivity (Wildman–Crippen MR) is 78.7 cm³/mol. The Labute approximate surface area is 119 Å². The average Bonchev–Trinajstić information content (AvgIpc) is 2.48. The predicted octanol–water partition coefficient (Wildman–Crippen LogP) is 3.57. The second kappa shape index (κ2) is 6.24. The standard InChI is InChI=1S/C17H18O3/c1-12-5-4-6-17(13(12)2)20-11-16(18)14-7-9-15(19-3)10-8-14/h4-10H,11H2,1-3H3. The molecule has 0 unspecified atom stereocenters. The van der Waals surface area contributed by atoms with E-state index >= 15 is 0 Å². The van der Waals surface area contributed by atoms with E-state index in [1.54, 1.807) is 31.4 Å². The monoisotopic (exact) mass is 270 g/mol. The van der Waals surface area contributed by atoms with E-state index in [1.807, 2.05) is 32.0 Å². The van der Waals surface area contributed by atoms with Crippen LogP contribution in [0.1, 0.15) is 21.5 Å². The molecule has 0 saturated carbocycles. The van der Waals surface area contributed by atoms with Gasteiger partial charge in [-0.25, -0.2) is 0 Å². The number of carbonyl (C=O) groups is 1. The molecule has 0 radical (unpaired) electrons. The molecule has 0 aromatic heterocycles. The fourth-order valence-corrected chi connectivity index (χ4v) is 1.88. The van der Waals surface area contributed by atoms with Crippen LogP contribution in [0.15, 0.2) is 42.5 Å². The summed E-state index contributed by atoms with van der Waals surface area (Å²) in [6, 6.07) is 12.9. The first-order valence-corrected chi connectivity index (χ1v) is 6.48. The molecule has 2 rings (SSSR count). The summed E-state index contributed by atoms with van der Waals surface area (Å²) >= 11 is 0. The second-order valence-corrected chi connectivity index (χ2v) is 4.64. The van der Waals surface area contributed by atoms with Crippen molar-refractivity contribution in [2.75, 3.05) is 13.7 Å². The fraction of sp³-hybridized carbons (Fsp3) is 0.235. The van der Waals surface area contributed by atoms with Gasteiger partial charge in [-0.3, -0.25) is 4.79 Å². The van der Waals surface area contributed by atoms with Crippen LogP contribution in [-0.2, 0) is 0 Å². The molecule has 0 aliphatic carbocycles. The Bertz CT molecular complexity index is 600. The van der Waals surface area contributed by atoms with Crippen LogP contribution in [0.2, 0.25) is 0 Å². The van der Waals surface area contributed by atoms with Crippen molar-refractivity contribution in [2.24, 2.45) is 0 Å². The first-order chi connectivity index (χ1) is 9.61. The molecule has 0 amide bonds. The van der Waals surface area contributed by atoms with Gasteiger partial charge in [-0.2, -0.15) is 0 Å². The molecule has 2 aromatic rings. The van der Waals surface area contributed by atoms with Crippen molar-refractivity contribution in [3.8, 4) is 11.5 Å². The SMILES string of the molecule is COc1ccc(C(=O)COc2cccc(C)c2C)cc1. The Kier molecular flexibility index (Phi) is 4.41. The first-order valence-electron chi connectivity index (χ1n) is 6.48. The Morgan fingerprint density at radius 3 is 2.40 bits per heavy atom. The molecule has 20 heavy (non-hydrogen) atoms. The quantitative estimate of drug-likeness (QED) is 0.779. The highest BCUT2D eigenvalue weighted by molar-refractivity contribution is 5.97. The maximum Gasteiger partial charge on any atom is 0.200 e. The number of hydrogen-bond acceptors (Lipinski definition) is 3. The van der Waals surface area contributed by atoms with Crippen molar-refractivity contribution < 1.29 is 14.3 Å². The van der Waals surface area contributed by atoms with Gasteiger partial charge in [0.2, 0.25) is 0 Å². The van der Waals surface area contributed by atoms with Crippen LogP contribution in [0.5, 0.6) is 11.5 Å². The number of benzene rings is 2. The molecule has 3 nitrogen and oxygen atoms in total. The zero-order valence-corrected chi connectivity index (χ0v) is 12.0. The van der Waals surface area contributed by atoms with Crippen molar-refractivity contribution in [1.29, 1.82) is 0 Å². The summed E-state index contributed by atoms with van der Waals surface area (Å²) in [6.45, 7) is 4.05. The van der Waals surface area contributed by atoms with Crippen molar-refractivity contribution in [1.82, 2.24) is 0 Å². The van der Waals surface area contributed by atoms with Crippen molar-refractivity contribution in [3.63, 3.8) is 0 Å². The van der Waals surface area contributed by atoms with E-state index in [4.69, 9.17) is 9.47 Å². The lowest BCUT2D eigenvalue weighted by molar-refractivity contribution is 0.0921. The molecule has 0 bridgehead atoms. The minimum absolute atomic E-state index is 0.0383. The van der Waals surface area contributed by atoms with Crippen LogP contribution >= 0.6 is 0 Å². The van der Waals surface area contributed by atoms with E-state index in [0.717, 1.165) is 22.6 Å². The normalized spacial score (nSPS) is 10.2. The van der Waals surface area contributed by atoms with E-state index in [-0.39, 0.29) is 12.4 Å². The minimum atomic E-state index is -0.0476. The number of aryl methyl sites for hydroxylation is 1. The summed E-state index contributed by atoms with van der Waals surface area (Å²) in [6.07, 6.45) is 0. The summed E-state index contributed by atoms with van der Waals surface area (Å²) in [5, 5.41) is 0. The summed E-state index contributed by atoms with van der Waals surface area (Å²) in [5.74, 6) is 1.44. The largest absolute Gasteiger partial charge is 0.497 e. The molecule has 0 saturated heterocycles. The first kappa shape index (κ1) is 14.1. The van der Waals surface area contributed by atoms with Crippen molar-refractivity contribution >= 4 is 5.78 Å². The van der Waals surface area contributed by atoms with Crippen LogP contribution in [0.3, 0.4) is 0 Å². The van der Waals surface area contributed by atoms with Gasteiger partial charge in [0.25, 0.3) is 0 Å². The Morgan fingerprint density at radius 2 is 1.75 bits per heavy atom. The third-order valence-electron chi connectivity index (χ3n) is 3.33. The molecular weight excluding hydrogens is 252 g/mol. The zero-order chi connectivity index (χ0) is 14.5. The van der Waals surface area contributed by atoms with Gasteiger partial charge < -0.3 is 9.47 Å². The summed E-state index contributed by atoms with van der Waals surface area (Å²) < 4.78 is 10.7. The van der Waals surface area contributed by atoms with E-state index in [9.17, 15) is 4.79 Å². The van der Waals surface area contributed by atoms with Gasteiger partial charge in [-0.05, 0) is 55.3 Å². The van der Waals surface area contributed by atoms with Crippen LogP contribution in [0.25, 0.3) is 0 Å². The third-order valence-corrected chi connectivity index (χ3v) is 3.33. The number of carbonyl (C=O) groups excluding carboxylic acids is 1. The lowest BCUT2D eigenvalue weighted by atomic mass is 10.1. The average molecular weight is 270 g/mol. The number of ether oxygens (including phenoxy) is 2. The molecular formula is C17H18O3. The maximum absolute atomic E-state index is 12.0. The molecule has 104 valence electrons. The van der Waals surface area contributed by atoms with E-state index in [2.05, 4.69) is 0 Å². The summed E-state index contributed by atoms with van der Waals surface area (Å²) in [7, 11) is 1.60. The van der Waals surface area contributed by atoms with Gasteiger partial charge in [-0.15, -0.1) is 0 Å². The van der Waals surface area contributed by atoms with Gasteiger partial charge in [-0.1, -0.05) is 12.1 Å². The highest BCUT2D eigenvalue weighted by Gasteiger charge is 2.08. The second-order valence-electron chi connectivity index (χ2n) is 4.64. The maximum atomic E-state index is 12.0. The van der Waals surface area contributed by atoms with Gasteiger partial charge >= 0.3 is 0 Å². The van der Waals surface area contributed by atoms with Gasteiger partial charge in [0.15, 0.2) is 12.4 Å². The third kappa shape index (κ3) is 3.18. The van der Waals surface area contributed by atoms with Gasteiger partial charge in [0.1, 0.15) is 11.5 Å². The van der Waals surface area contributed by atoms with Crippen LogP contribution in [0.4, 0.5) is 0 Å². The summed E-state index contributed by atoms with van der Waals surface area (Å²) in [5.41, 5.74) is 2.84. The molecule has 3 heteroatoms. The number of rotatable bonds is 5. The van der Waals surface area contributed by atoms with Crippen LogP contribution < -0.4 is 9.47 Å². The van der Waals surface area contributed by atoms with Crippen LogP contribution in [-0.4, -0.2) is 19.5 Å². The lowest BCUT2D eigenvalue weighted by Gasteiger charge is -2.10. The van der Waals surface area contributed by atoms with E-state index in [0.29, 0.717) is 5.56 Å².